The minimum atomic E-state index is -1.15. The zero-order valence-corrected chi connectivity index (χ0v) is 10.3. The van der Waals surface area contributed by atoms with Crippen LogP contribution in [-0.4, -0.2) is 12.6 Å². The van der Waals surface area contributed by atoms with Crippen molar-refractivity contribution >= 4 is 6.08 Å². The van der Waals surface area contributed by atoms with Crippen molar-refractivity contribution < 1.29 is 13.2 Å². The van der Waals surface area contributed by atoms with Gasteiger partial charge < -0.3 is 5.32 Å². The molecule has 0 saturated heterocycles. The normalized spacial score (nSPS) is 16.1. The summed E-state index contributed by atoms with van der Waals surface area (Å²) in [6.45, 7) is 2.62. The Morgan fingerprint density at radius 3 is 2.50 bits per heavy atom. The minimum absolute atomic E-state index is 0.100. The molecule has 1 nitrogen and oxygen atoms in total. The zero-order chi connectivity index (χ0) is 13.1. The molecule has 0 aliphatic heterocycles. The van der Waals surface area contributed by atoms with E-state index in [0.717, 1.165) is 18.1 Å². The number of hydrogen-bond acceptors (Lipinski definition) is 1. The summed E-state index contributed by atoms with van der Waals surface area (Å²) in [6, 6.07) is 2.05. The second-order valence-corrected chi connectivity index (χ2v) is 4.60. The maximum atomic E-state index is 13.5. The molecule has 0 bridgehead atoms. The molecule has 98 valence electrons. The van der Waals surface area contributed by atoms with E-state index in [-0.39, 0.29) is 5.56 Å². The number of benzene rings is 1. The Morgan fingerprint density at radius 2 is 1.89 bits per heavy atom. The zero-order valence-electron chi connectivity index (χ0n) is 10.3. The van der Waals surface area contributed by atoms with Gasteiger partial charge in [-0.2, -0.15) is 0 Å². The van der Waals surface area contributed by atoms with Crippen molar-refractivity contribution in [3.63, 3.8) is 0 Å². The molecule has 4 heteroatoms. The van der Waals surface area contributed by atoms with Crippen LogP contribution in [0.2, 0.25) is 0 Å². The summed E-state index contributed by atoms with van der Waals surface area (Å²) in [5.41, 5.74) is 1.08. The van der Waals surface area contributed by atoms with E-state index in [2.05, 4.69) is 5.32 Å². The van der Waals surface area contributed by atoms with Crippen LogP contribution in [0, 0.1) is 17.5 Å². The molecule has 1 saturated carbocycles. The fourth-order valence-electron chi connectivity index (χ4n) is 1.71. The molecule has 1 N–H and O–H groups in total. The standard InChI is InChI=1S/C14H16F3N/c1-2-9(8-18-11-3-4-11)5-10-6-13(16)14(17)7-12(10)15/h5-7,11,18H,2-4,8H2,1H3/b9-5-. The van der Waals surface area contributed by atoms with Gasteiger partial charge in [-0.15, -0.1) is 0 Å². The predicted octanol–water partition coefficient (Wildman–Crippen LogP) is 3.65. The molecule has 0 aromatic heterocycles. The largest absolute Gasteiger partial charge is 0.310 e. The first-order chi connectivity index (χ1) is 8.60. The molecule has 0 radical (unpaired) electrons. The van der Waals surface area contributed by atoms with Gasteiger partial charge in [0.05, 0.1) is 0 Å². The van der Waals surface area contributed by atoms with Gasteiger partial charge >= 0.3 is 0 Å². The first kappa shape index (κ1) is 13.1. The van der Waals surface area contributed by atoms with Crippen molar-refractivity contribution in [1.29, 1.82) is 0 Å². The Kier molecular flexibility index (Phi) is 4.07. The predicted molar refractivity (Wildman–Crippen MR) is 65.6 cm³/mol. The summed E-state index contributed by atoms with van der Waals surface area (Å²) < 4.78 is 39.3. The lowest BCUT2D eigenvalue weighted by Gasteiger charge is -2.07. The molecule has 0 unspecified atom stereocenters. The van der Waals surface area contributed by atoms with Gasteiger partial charge in [-0.1, -0.05) is 18.6 Å². The molecular weight excluding hydrogens is 239 g/mol. The van der Waals surface area contributed by atoms with Gasteiger partial charge in [0.1, 0.15) is 5.82 Å². The van der Waals surface area contributed by atoms with Gasteiger partial charge in [-0.05, 0) is 25.3 Å². The van der Waals surface area contributed by atoms with Crippen LogP contribution in [0.4, 0.5) is 13.2 Å². The Bertz CT molecular complexity index is 464. The smallest absolute Gasteiger partial charge is 0.161 e. The van der Waals surface area contributed by atoms with Gasteiger partial charge in [0.15, 0.2) is 11.6 Å². The van der Waals surface area contributed by atoms with E-state index in [4.69, 9.17) is 0 Å². The van der Waals surface area contributed by atoms with Crippen LogP contribution in [0.5, 0.6) is 0 Å². The Balaban J connectivity index is 2.14. The molecule has 0 heterocycles. The lowest BCUT2D eigenvalue weighted by molar-refractivity contribution is 0.494. The second-order valence-electron chi connectivity index (χ2n) is 4.60. The number of nitrogens with one attached hydrogen (secondary N) is 1. The molecule has 18 heavy (non-hydrogen) atoms. The van der Waals surface area contributed by atoms with Crippen molar-refractivity contribution in [2.45, 2.75) is 32.2 Å². The van der Waals surface area contributed by atoms with E-state index < -0.39 is 17.5 Å². The van der Waals surface area contributed by atoms with E-state index in [1.807, 2.05) is 6.92 Å². The highest BCUT2D eigenvalue weighted by Gasteiger charge is 2.20. The van der Waals surface area contributed by atoms with Crippen LogP contribution in [-0.2, 0) is 0 Å². The maximum absolute atomic E-state index is 13.5. The highest BCUT2D eigenvalue weighted by atomic mass is 19.2. The Labute approximate surface area is 105 Å². The van der Waals surface area contributed by atoms with Crippen molar-refractivity contribution in [1.82, 2.24) is 5.32 Å². The summed E-state index contributed by atoms with van der Waals surface area (Å²) in [5.74, 6) is -2.90. The monoisotopic (exact) mass is 255 g/mol. The molecule has 0 amide bonds. The molecule has 0 spiro atoms. The van der Waals surface area contributed by atoms with Gasteiger partial charge in [0.2, 0.25) is 0 Å². The molecule has 1 aliphatic rings. The van der Waals surface area contributed by atoms with Crippen LogP contribution in [0.15, 0.2) is 17.7 Å². The maximum Gasteiger partial charge on any atom is 0.161 e. The SMILES string of the molecule is CC/C(=C/c1cc(F)c(F)cc1F)CNC1CC1. The lowest BCUT2D eigenvalue weighted by Crippen LogP contribution is -2.19. The minimum Gasteiger partial charge on any atom is -0.310 e. The fraction of sp³-hybridized carbons (Fsp3) is 0.429. The van der Waals surface area contributed by atoms with E-state index in [9.17, 15) is 13.2 Å². The topological polar surface area (TPSA) is 12.0 Å². The van der Waals surface area contributed by atoms with Crippen molar-refractivity contribution in [2.75, 3.05) is 6.54 Å². The van der Waals surface area contributed by atoms with Gasteiger partial charge in [-0.25, -0.2) is 13.2 Å². The quantitative estimate of drug-likeness (QED) is 0.792. The summed E-state index contributed by atoms with van der Waals surface area (Å²) >= 11 is 0. The highest BCUT2D eigenvalue weighted by Crippen LogP contribution is 2.21. The van der Waals surface area contributed by atoms with E-state index in [0.29, 0.717) is 18.7 Å². The Hall–Kier alpha value is -1.29. The fourth-order valence-corrected chi connectivity index (χ4v) is 1.71. The summed E-state index contributed by atoms with van der Waals surface area (Å²) in [5, 5.41) is 3.31. The molecule has 2 rings (SSSR count). The molecule has 1 aromatic carbocycles. The third-order valence-electron chi connectivity index (χ3n) is 3.05. The highest BCUT2D eigenvalue weighted by molar-refractivity contribution is 5.54. The first-order valence-electron chi connectivity index (χ1n) is 6.17. The molecular formula is C14H16F3N. The van der Waals surface area contributed by atoms with Crippen LogP contribution < -0.4 is 5.32 Å². The third-order valence-corrected chi connectivity index (χ3v) is 3.05. The summed E-state index contributed by atoms with van der Waals surface area (Å²) in [7, 11) is 0. The molecule has 1 aromatic rings. The van der Waals surface area contributed by atoms with Crippen molar-refractivity contribution in [3.05, 3.63) is 40.7 Å². The van der Waals surface area contributed by atoms with Crippen molar-refractivity contribution in [3.8, 4) is 0 Å². The van der Waals surface area contributed by atoms with Crippen LogP contribution in [0.25, 0.3) is 6.08 Å². The molecule has 1 aliphatic carbocycles. The molecule has 1 fully saturated rings. The van der Waals surface area contributed by atoms with Gasteiger partial charge in [0.25, 0.3) is 0 Å². The van der Waals surface area contributed by atoms with Crippen molar-refractivity contribution in [2.24, 2.45) is 0 Å². The second kappa shape index (κ2) is 5.57. The van der Waals surface area contributed by atoms with Crippen LogP contribution in [0.1, 0.15) is 31.7 Å². The number of rotatable bonds is 5. The lowest BCUT2D eigenvalue weighted by atomic mass is 10.1. The first-order valence-corrected chi connectivity index (χ1v) is 6.17. The average Bonchev–Trinajstić information content (AvgIpc) is 3.14. The van der Waals surface area contributed by atoms with E-state index in [1.165, 1.54) is 12.8 Å². The third kappa shape index (κ3) is 3.35. The van der Waals surface area contributed by atoms with E-state index >= 15 is 0 Å². The van der Waals surface area contributed by atoms with Gasteiger partial charge in [-0.3, -0.25) is 0 Å². The van der Waals surface area contributed by atoms with E-state index in [1.54, 1.807) is 6.08 Å². The van der Waals surface area contributed by atoms with Gasteiger partial charge in [0, 0.05) is 24.2 Å². The Morgan fingerprint density at radius 1 is 1.22 bits per heavy atom. The summed E-state index contributed by atoms with van der Waals surface area (Å²) in [4.78, 5) is 0. The average molecular weight is 255 g/mol. The number of hydrogen-bond donors (Lipinski definition) is 1. The number of halogens is 3. The van der Waals surface area contributed by atoms with Crippen LogP contribution in [0.3, 0.4) is 0 Å². The summed E-state index contributed by atoms with van der Waals surface area (Å²) in [6.07, 6.45) is 4.69. The molecule has 0 atom stereocenters. The van der Waals surface area contributed by atoms with Crippen LogP contribution >= 0.6 is 0 Å².